The van der Waals surface area contributed by atoms with Crippen LogP contribution in [0.15, 0.2) is 77.5 Å². The Kier molecular flexibility index (Phi) is 5.27. The monoisotopic (exact) mass is 429 g/mol. The third-order valence-corrected chi connectivity index (χ3v) is 5.44. The molecule has 0 unspecified atom stereocenters. The fraction of sp³-hybridized carbons (Fsp3) is 0.154. The molecule has 0 bridgehead atoms. The molecule has 4 nitrogen and oxygen atoms in total. The van der Waals surface area contributed by atoms with Gasteiger partial charge in [-0.05, 0) is 23.8 Å². The highest BCUT2D eigenvalue weighted by molar-refractivity contribution is 5.62. The average Bonchev–Trinajstić information content (AvgIpc) is 3.44. The number of rotatable bonds is 6. The van der Waals surface area contributed by atoms with E-state index in [0.717, 1.165) is 41.0 Å². The molecule has 0 saturated carbocycles. The van der Waals surface area contributed by atoms with Crippen LogP contribution < -0.4 is 0 Å². The van der Waals surface area contributed by atoms with E-state index in [4.69, 9.17) is 14.4 Å². The van der Waals surface area contributed by atoms with Crippen molar-refractivity contribution in [1.82, 2.24) is 14.4 Å². The minimum atomic E-state index is -0.869. The highest BCUT2D eigenvalue weighted by Crippen LogP contribution is 2.24. The van der Waals surface area contributed by atoms with Gasteiger partial charge in [0.05, 0.1) is 17.1 Å². The summed E-state index contributed by atoms with van der Waals surface area (Å²) in [7, 11) is 0. The lowest BCUT2D eigenvalue weighted by atomic mass is 10.1. The molecule has 0 spiro atoms. The molecule has 3 heterocycles. The van der Waals surface area contributed by atoms with Crippen molar-refractivity contribution in [1.29, 1.82) is 0 Å². The van der Waals surface area contributed by atoms with Gasteiger partial charge >= 0.3 is 0 Å². The first-order valence-corrected chi connectivity index (χ1v) is 10.5. The Labute approximate surface area is 184 Å². The number of aryl methyl sites for hydroxylation is 1. The molecule has 0 atom stereocenters. The zero-order chi connectivity index (χ0) is 22.1. The number of hydrogen-bond acceptors (Lipinski definition) is 3. The number of nitrogens with zero attached hydrogens (tertiary/aromatic N) is 3. The number of furan rings is 1. The van der Waals surface area contributed by atoms with E-state index in [1.807, 2.05) is 66.2 Å². The SMILES string of the molecule is CCc1ccc(Cc2cn3cc(-c4ccccc4)nc(Cc4cccc(F)c4F)c3n2)o1. The van der Waals surface area contributed by atoms with Gasteiger partial charge in [-0.1, -0.05) is 49.4 Å². The third kappa shape index (κ3) is 3.91. The maximum atomic E-state index is 14.4. The number of halogens is 2. The van der Waals surface area contributed by atoms with Crippen LogP contribution in [0, 0.1) is 11.6 Å². The van der Waals surface area contributed by atoms with Crippen molar-refractivity contribution >= 4 is 5.65 Å². The summed E-state index contributed by atoms with van der Waals surface area (Å²) >= 11 is 0. The second kappa shape index (κ2) is 8.38. The van der Waals surface area contributed by atoms with Gasteiger partial charge in [-0.25, -0.2) is 18.7 Å². The first-order valence-electron chi connectivity index (χ1n) is 10.5. The number of aromatic nitrogens is 3. The van der Waals surface area contributed by atoms with Gasteiger partial charge in [0, 0.05) is 37.2 Å². The fourth-order valence-corrected chi connectivity index (χ4v) is 3.82. The molecule has 32 heavy (non-hydrogen) atoms. The predicted octanol–water partition coefficient (Wildman–Crippen LogP) is 6.01. The Morgan fingerprint density at radius 1 is 0.844 bits per heavy atom. The van der Waals surface area contributed by atoms with Crippen LogP contribution in [0.5, 0.6) is 0 Å². The van der Waals surface area contributed by atoms with E-state index >= 15 is 0 Å². The molecule has 0 amide bonds. The summed E-state index contributed by atoms with van der Waals surface area (Å²) in [6.45, 7) is 2.04. The summed E-state index contributed by atoms with van der Waals surface area (Å²) in [6.07, 6.45) is 5.34. The first kappa shape index (κ1) is 20.1. The molecule has 5 rings (SSSR count). The van der Waals surface area contributed by atoms with Gasteiger partial charge in [-0.2, -0.15) is 0 Å². The van der Waals surface area contributed by atoms with Crippen LogP contribution in [-0.4, -0.2) is 14.4 Å². The summed E-state index contributed by atoms with van der Waals surface area (Å²) in [4.78, 5) is 9.53. The van der Waals surface area contributed by atoms with E-state index in [-0.39, 0.29) is 12.0 Å². The van der Waals surface area contributed by atoms with Crippen molar-refractivity contribution in [2.75, 3.05) is 0 Å². The molecule has 5 aromatic rings. The van der Waals surface area contributed by atoms with Gasteiger partial charge in [0.2, 0.25) is 0 Å². The first-order chi connectivity index (χ1) is 15.6. The quantitative estimate of drug-likeness (QED) is 0.332. The third-order valence-electron chi connectivity index (χ3n) is 5.44. The maximum absolute atomic E-state index is 14.4. The largest absolute Gasteiger partial charge is 0.466 e. The van der Waals surface area contributed by atoms with Crippen LogP contribution in [0.4, 0.5) is 8.78 Å². The van der Waals surface area contributed by atoms with E-state index in [9.17, 15) is 8.78 Å². The van der Waals surface area contributed by atoms with Crippen LogP contribution in [-0.2, 0) is 19.3 Å². The summed E-state index contributed by atoms with van der Waals surface area (Å²) in [5.74, 6) is 0.0385. The summed E-state index contributed by atoms with van der Waals surface area (Å²) in [6, 6.07) is 17.9. The minimum Gasteiger partial charge on any atom is -0.466 e. The maximum Gasteiger partial charge on any atom is 0.162 e. The van der Waals surface area contributed by atoms with Gasteiger partial charge < -0.3 is 8.82 Å². The summed E-state index contributed by atoms with van der Waals surface area (Å²) in [5, 5.41) is 0. The van der Waals surface area contributed by atoms with E-state index in [2.05, 4.69) is 0 Å². The predicted molar refractivity (Wildman–Crippen MR) is 118 cm³/mol. The normalized spacial score (nSPS) is 11.3. The molecule has 6 heteroatoms. The molecule has 0 aliphatic heterocycles. The van der Waals surface area contributed by atoms with Gasteiger partial charge in [-0.15, -0.1) is 0 Å². The molecule has 0 saturated heterocycles. The highest BCUT2D eigenvalue weighted by Gasteiger charge is 2.16. The molecule has 3 aromatic heterocycles. The zero-order valence-corrected chi connectivity index (χ0v) is 17.6. The highest BCUT2D eigenvalue weighted by atomic mass is 19.2. The summed E-state index contributed by atoms with van der Waals surface area (Å²) in [5.41, 5.74) is 3.92. The van der Waals surface area contributed by atoms with Crippen LogP contribution in [0.1, 0.15) is 35.4 Å². The van der Waals surface area contributed by atoms with Crippen molar-refractivity contribution in [3.63, 3.8) is 0 Å². The van der Waals surface area contributed by atoms with Crippen molar-refractivity contribution in [3.8, 4) is 11.3 Å². The second-order valence-electron chi connectivity index (χ2n) is 7.69. The molecule has 0 radical (unpaired) electrons. The Hall–Kier alpha value is -3.80. The molecular weight excluding hydrogens is 408 g/mol. The average molecular weight is 429 g/mol. The van der Waals surface area contributed by atoms with E-state index in [0.29, 0.717) is 17.8 Å². The zero-order valence-electron chi connectivity index (χ0n) is 17.6. The van der Waals surface area contributed by atoms with E-state index < -0.39 is 11.6 Å². The molecule has 0 aliphatic rings. The lowest BCUT2D eigenvalue weighted by Gasteiger charge is -2.09. The molecule has 0 fully saturated rings. The smallest absolute Gasteiger partial charge is 0.162 e. The minimum absolute atomic E-state index is 0.130. The summed E-state index contributed by atoms with van der Waals surface area (Å²) < 4.78 is 35.9. The van der Waals surface area contributed by atoms with Gasteiger partial charge in [0.1, 0.15) is 11.5 Å². The van der Waals surface area contributed by atoms with Gasteiger partial charge in [-0.3, -0.25) is 0 Å². The van der Waals surface area contributed by atoms with E-state index in [1.54, 1.807) is 6.07 Å². The Morgan fingerprint density at radius 3 is 2.44 bits per heavy atom. The molecule has 2 aromatic carbocycles. The van der Waals surface area contributed by atoms with E-state index in [1.165, 1.54) is 6.07 Å². The number of fused-ring (bicyclic) bond motifs is 1. The van der Waals surface area contributed by atoms with Crippen molar-refractivity contribution in [3.05, 3.63) is 113 Å². The Bertz CT molecular complexity index is 1390. The van der Waals surface area contributed by atoms with Crippen molar-refractivity contribution in [2.24, 2.45) is 0 Å². The van der Waals surface area contributed by atoms with Crippen molar-refractivity contribution < 1.29 is 13.2 Å². The van der Waals surface area contributed by atoms with Crippen LogP contribution in [0.2, 0.25) is 0 Å². The molecular formula is C26H21F2N3O. The number of benzene rings is 2. The molecule has 0 aliphatic carbocycles. The van der Waals surface area contributed by atoms with Crippen molar-refractivity contribution in [2.45, 2.75) is 26.2 Å². The Morgan fingerprint density at radius 2 is 1.66 bits per heavy atom. The Balaban J connectivity index is 1.60. The lowest BCUT2D eigenvalue weighted by Crippen LogP contribution is -2.03. The molecule has 160 valence electrons. The van der Waals surface area contributed by atoms with Crippen LogP contribution >= 0.6 is 0 Å². The van der Waals surface area contributed by atoms with Crippen LogP contribution in [0.3, 0.4) is 0 Å². The standard InChI is InChI=1S/C26H21F2N3O/c1-2-20-11-12-21(32-20)14-19-15-31-16-24(17-7-4-3-5-8-17)30-23(26(31)29-19)13-18-9-6-10-22(27)25(18)28/h3-12,15-16H,2,13-14H2,1H3. The van der Waals surface area contributed by atoms with Crippen LogP contribution in [0.25, 0.3) is 16.9 Å². The molecule has 0 N–H and O–H groups in total. The number of hydrogen-bond donors (Lipinski definition) is 0. The van der Waals surface area contributed by atoms with Gasteiger partial charge in [0.25, 0.3) is 0 Å². The topological polar surface area (TPSA) is 43.3 Å². The lowest BCUT2D eigenvalue weighted by molar-refractivity contribution is 0.477. The fourth-order valence-electron chi connectivity index (χ4n) is 3.82. The number of imidazole rings is 1. The van der Waals surface area contributed by atoms with Gasteiger partial charge in [0.15, 0.2) is 17.3 Å². The second-order valence-corrected chi connectivity index (χ2v) is 7.69.